The van der Waals surface area contributed by atoms with Crippen molar-refractivity contribution in [3.05, 3.63) is 27.4 Å². The average molecular weight is 376 g/mol. The zero-order valence-corrected chi connectivity index (χ0v) is 14.4. The van der Waals surface area contributed by atoms with Crippen LogP contribution in [-0.2, 0) is 0 Å². The molecule has 2 nitrogen and oxygen atoms in total. The standard InChI is InChI=1S/C16H21BrClFN2/c17-13-8-12(19)9-14(18)16(13)21-7-6-20-15(10-21)11-4-2-1-3-5-11/h8-9,11,15,20H,1-7,10H2. The van der Waals surface area contributed by atoms with Gasteiger partial charge in [0, 0.05) is 30.1 Å². The van der Waals surface area contributed by atoms with Crippen LogP contribution in [0.15, 0.2) is 16.6 Å². The first-order valence-corrected chi connectivity index (χ1v) is 8.95. The Hall–Kier alpha value is -0.320. The number of anilines is 1. The van der Waals surface area contributed by atoms with Gasteiger partial charge in [-0.05, 0) is 46.8 Å². The number of benzene rings is 1. The highest BCUT2D eigenvalue weighted by molar-refractivity contribution is 9.10. The molecule has 5 heteroatoms. The summed E-state index contributed by atoms with van der Waals surface area (Å²) in [4.78, 5) is 2.29. The zero-order chi connectivity index (χ0) is 14.8. The van der Waals surface area contributed by atoms with Gasteiger partial charge >= 0.3 is 0 Å². The fourth-order valence-corrected chi connectivity index (χ4v) is 4.79. The van der Waals surface area contributed by atoms with Crippen molar-refractivity contribution in [1.29, 1.82) is 0 Å². The Labute approximate surface area is 139 Å². The summed E-state index contributed by atoms with van der Waals surface area (Å²) in [6.45, 7) is 2.82. The molecule has 1 aromatic rings. The number of rotatable bonds is 2. The molecule has 0 amide bonds. The van der Waals surface area contributed by atoms with Crippen LogP contribution in [0.1, 0.15) is 32.1 Å². The van der Waals surface area contributed by atoms with E-state index in [0.29, 0.717) is 11.1 Å². The smallest absolute Gasteiger partial charge is 0.125 e. The maximum absolute atomic E-state index is 13.4. The Morgan fingerprint density at radius 2 is 2.00 bits per heavy atom. The molecule has 0 bridgehead atoms. The summed E-state index contributed by atoms with van der Waals surface area (Å²) < 4.78 is 14.1. The van der Waals surface area contributed by atoms with Crippen LogP contribution in [0.4, 0.5) is 10.1 Å². The molecule has 1 atom stereocenters. The van der Waals surface area contributed by atoms with E-state index < -0.39 is 0 Å². The molecule has 0 aromatic heterocycles. The van der Waals surface area contributed by atoms with E-state index in [0.717, 1.165) is 35.7 Å². The fourth-order valence-electron chi connectivity index (χ4n) is 3.67. The minimum atomic E-state index is -0.297. The van der Waals surface area contributed by atoms with Gasteiger partial charge in [0.15, 0.2) is 0 Å². The van der Waals surface area contributed by atoms with Crippen LogP contribution in [0.25, 0.3) is 0 Å². The highest BCUT2D eigenvalue weighted by atomic mass is 79.9. The summed E-state index contributed by atoms with van der Waals surface area (Å²) in [7, 11) is 0. The number of piperazine rings is 1. The quantitative estimate of drug-likeness (QED) is 0.812. The van der Waals surface area contributed by atoms with Gasteiger partial charge < -0.3 is 10.2 Å². The topological polar surface area (TPSA) is 15.3 Å². The van der Waals surface area contributed by atoms with E-state index in [1.165, 1.54) is 44.2 Å². The molecule has 1 saturated carbocycles. The molecule has 116 valence electrons. The molecule has 1 aromatic carbocycles. The maximum Gasteiger partial charge on any atom is 0.125 e. The third-order valence-corrected chi connectivity index (χ3v) is 5.61. The van der Waals surface area contributed by atoms with Gasteiger partial charge in [0.05, 0.1) is 10.7 Å². The average Bonchev–Trinajstić information content (AvgIpc) is 2.47. The minimum Gasteiger partial charge on any atom is -0.367 e. The summed E-state index contributed by atoms with van der Waals surface area (Å²) >= 11 is 9.73. The fraction of sp³-hybridized carbons (Fsp3) is 0.625. The predicted molar refractivity (Wildman–Crippen MR) is 89.7 cm³/mol. The van der Waals surface area contributed by atoms with Crippen molar-refractivity contribution in [2.24, 2.45) is 5.92 Å². The van der Waals surface area contributed by atoms with Crippen molar-refractivity contribution in [2.45, 2.75) is 38.1 Å². The summed E-state index contributed by atoms with van der Waals surface area (Å²) in [5, 5.41) is 4.16. The van der Waals surface area contributed by atoms with E-state index in [4.69, 9.17) is 11.6 Å². The molecule has 3 rings (SSSR count). The van der Waals surface area contributed by atoms with E-state index >= 15 is 0 Å². The van der Waals surface area contributed by atoms with Gasteiger partial charge in [0.25, 0.3) is 0 Å². The lowest BCUT2D eigenvalue weighted by Gasteiger charge is -2.41. The largest absolute Gasteiger partial charge is 0.367 e. The van der Waals surface area contributed by atoms with Gasteiger partial charge in [-0.2, -0.15) is 0 Å². The Balaban J connectivity index is 1.76. The second-order valence-corrected chi connectivity index (χ2v) is 7.38. The molecule has 1 saturated heterocycles. The van der Waals surface area contributed by atoms with Crippen LogP contribution < -0.4 is 10.2 Å². The molecular weight excluding hydrogens is 355 g/mol. The van der Waals surface area contributed by atoms with Gasteiger partial charge in [-0.3, -0.25) is 0 Å². The number of nitrogens with one attached hydrogen (secondary N) is 1. The molecule has 2 aliphatic rings. The van der Waals surface area contributed by atoms with E-state index in [1.807, 2.05) is 0 Å². The second-order valence-electron chi connectivity index (χ2n) is 6.12. The van der Waals surface area contributed by atoms with Crippen LogP contribution in [0.5, 0.6) is 0 Å². The van der Waals surface area contributed by atoms with Gasteiger partial charge in [-0.1, -0.05) is 30.9 Å². The predicted octanol–water partition coefficient (Wildman–Crippen LogP) is 4.60. The number of hydrogen-bond donors (Lipinski definition) is 1. The molecule has 2 fully saturated rings. The monoisotopic (exact) mass is 374 g/mol. The Morgan fingerprint density at radius 3 is 2.71 bits per heavy atom. The lowest BCUT2D eigenvalue weighted by Crippen LogP contribution is -2.54. The summed E-state index contributed by atoms with van der Waals surface area (Å²) in [5.41, 5.74) is 0.931. The lowest BCUT2D eigenvalue weighted by atomic mass is 9.83. The van der Waals surface area contributed by atoms with Crippen LogP contribution in [-0.4, -0.2) is 25.7 Å². The van der Waals surface area contributed by atoms with Crippen LogP contribution >= 0.6 is 27.5 Å². The van der Waals surface area contributed by atoms with Gasteiger partial charge in [0.1, 0.15) is 5.82 Å². The van der Waals surface area contributed by atoms with E-state index in [9.17, 15) is 4.39 Å². The normalized spacial score (nSPS) is 24.3. The van der Waals surface area contributed by atoms with Crippen molar-refractivity contribution in [2.75, 3.05) is 24.5 Å². The second kappa shape index (κ2) is 6.84. The molecule has 1 unspecified atom stereocenters. The van der Waals surface area contributed by atoms with Crippen LogP contribution in [0.2, 0.25) is 5.02 Å². The number of hydrogen-bond acceptors (Lipinski definition) is 2. The molecular formula is C16H21BrClFN2. The number of nitrogens with zero attached hydrogens (tertiary/aromatic N) is 1. The third kappa shape index (κ3) is 3.54. The zero-order valence-electron chi connectivity index (χ0n) is 12.0. The van der Waals surface area contributed by atoms with E-state index in [1.54, 1.807) is 0 Å². The molecule has 0 spiro atoms. The SMILES string of the molecule is Fc1cc(Cl)c(N2CCNC(C3CCCCC3)C2)c(Br)c1. The lowest BCUT2D eigenvalue weighted by molar-refractivity contribution is 0.257. The van der Waals surface area contributed by atoms with Crippen LogP contribution in [0.3, 0.4) is 0 Å². The molecule has 1 aliphatic heterocycles. The van der Waals surface area contributed by atoms with Gasteiger partial charge in [-0.25, -0.2) is 4.39 Å². The maximum atomic E-state index is 13.4. The van der Waals surface area contributed by atoms with Crippen molar-refractivity contribution in [1.82, 2.24) is 5.32 Å². The Kier molecular flexibility index (Phi) is 5.07. The highest BCUT2D eigenvalue weighted by Gasteiger charge is 2.29. The van der Waals surface area contributed by atoms with E-state index in [-0.39, 0.29) is 5.82 Å². The van der Waals surface area contributed by atoms with Crippen molar-refractivity contribution < 1.29 is 4.39 Å². The van der Waals surface area contributed by atoms with Gasteiger partial charge in [-0.15, -0.1) is 0 Å². The molecule has 1 heterocycles. The van der Waals surface area contributed by atoms with Crippen molar-refractivity contribution >= 4 is 33.2 Å². The Bertz CT molecular complexity index is 482. The first-order chi connectivity index (χ1) is 10.1. The summed E-state index contributed by atoms with van der Waals surface area (Å²) in [6.07, 6.45) is 6.73. The van der Waals surface area contributed by atoms with Crippen molar-refractivity contribution in [3.63, 3.8) is 0 Å². The molecule has 1 aliphatic carbocycles. The molecule has 0 radical (unpaired) electrons. The van der Waals surface area contributed by atoms with Crippen molar-refractivity contribution in [3.8, 4) is 0 Å². The highest BCUT2D eigenvalue weighted by Crippen LogP contribution is 2.36. The first-order valence-electron chi connectivity index (χ1n) is 7.78. The van der Waals surface area contributed by atoms with Crippen LogP contribution in [0, 0.1) is 11.7 Å². The Morgan fingerprint density at radius 1 is 1.24 bits per heavy atom. The molecule has 1 N–H and O–H groups in total. The summed E-state index contributed by atoms with van der Waals surface area (Å²) in [5.74, 6) is 0.467. The minimum absolute atomic E-state index is 0.297. The third-order valence-electron chi connectivity index (χ3n) is 4.72. The van der Waals surface area contributed by atoms with Gasteiger partial charge in [0.2, 0.25) is 0 Å². The molecule has 21 heavy (non-hydrogen) atoms. The summed E-state index contributed by atoms with van der Waals surface area (Å²) in [6, 6.07) is 3.42. The van der Waals surface area contributed by atoms with E-state index in [2.05, 4.69) is 26.1 Å². The first kappa shape index (κ1) is 15.6. The number of halogens is 3.